The lowest BCUT2D eigenvalue weighted by Crippen LogP contribution is -2.23. The second-order valence-electron chi connectivity index (χ2n) is 3.89. The van der Waals surface area contributed by atoms with Gasteiger partial charge < -0.3 is 19.9 Å². The molecule has 0 aromatic heterocycles. The van der Waals surface area contributed by atoms with Gasteiger partial charge in [0.1, 0.15) is 0 Å². The summed E-state index contributed by atoms with van der Waals surface area (Å²) in [4.78, 5) is 22.3. The third-order valence-electron chi connectivity index (χ3n) is 2.46. The van der Waals surface area contributed by atoms with E-state index in [9.17, 15) is 14.7 Å². The summed E-state index contributed by atoms with van der Waals surface area (Å²) in [5.74, 6) is -0.906. The van der Waals surface area contributed by atoms with Gasteiger partial charge >= 0.3 is 11.9 Å². The first kappa shape index (κ1) is 15.0. The van der Waals surface area contributed by atoms with Crippen LogP contribution in [-0.2, 0) is 14.3 Å². The zero-order valence-corrected chi connectivity index (χ0v) is 10.9. The van der Waals surface area contributed by atoms with Crippen molar-refractivity contribution in [3.8, 4) is 0 Å². The minimum atomic E-state index is -0.853. The molecule has 0 aliphatic rings. The SMILES string of the molecule is COC(=O)CC(O)CNc1cccc(C(=O)OC)c1. The molecule has 0 fully saturated rings. The lowest BCUT2D eigenvalue weighted by molar-refractivity contribution is -0.142. The van der Waals surface area contributed by atoms with E-state index >= 15 is 0 Å². The number of rotatable bonds is 6. The third kappa shape index (κ3) is 4.97. The smallest absolute Gasteiger partial charge is 0.337 e. The van der Waals surface area contributed by atoms with E-state index in [-0.39, 0.29) is 13.0 Å². The van der Waals surface area contributed by atoms with Crippen LogP contribution in [0.4, 0.5) is 5.69 Å². The van der Waals surface area contributed by atoms with Gasteiger partial charge in [0.25, 0.3) is 0 Å². The Balaban J connectivity index is 2.53. The van der Waals surface area contributed by atoms with Gasteiger partial charge in [0, 0.05) is 12.2 Å². The molecule has 1 atom stereocenters. The van der Waals surface area contributed by atoms with Crippen LogP contribution in [0.5, 0.6) is 0 Å². The molecular weight excluding hydrogens is 250 g/mol. The molecule has 0 aliphatic heterocycles. The Morgan fingerprint density at radius 3 is 2.68 bits per heavy atom. The van der Waals surface area contributed by atoms with Gasteiger partial charge in [0.05, 0.1) is 32.3 Å². The molecule has 0 amide bonds. The predicted molar refractivity (Wildman–Crippen MR) is 68.9 cm³/mol. The number of aliphatic hydroxyl groups is 1. The standard InChI is InChI=1S/C13H17NO5/c1-18-12(16)7-11(15)8-14-10-5-3-4-9(6-10)13(17)19-2/h3-6,11,14-15H,7-8H2,1-2H3. The van der Waals surface area contributed by atoms with E-state index in [0.717, 1.165) is 0 Å². The maximum atomic E-state index is 11.3. The van der Waals surface area contributed by atoms with Gasteiger partial charge in [-0.2, -0.15) is 0 Å². The number of nitrogens with one attached hydrogen (secondary N) is 1. The molecule has 0 saturated heterocycles. The van der Waals surface area contributed by atoms with Crippen molar-refractivity contribution >= 4 is 17.6 Å². The average Bonchev–Trinajstić information content (AvgIpc) is 2.44. The predicted octanol–water partition coefficient (Wildman–Crippen LogP) is 0.809. The summed E-state index contributed by atoms with van der Waals surface area (Å²) in [5, 5.41) is 12.5. The largest absolute Gasteiger partial charge is 0.469 e. The van der Waals surface area contributed by atoms with Crippen molar-refractivity contribution in [2.24, 2.45) is 0 Å². The fourth-order valence-electron chi connectivity index (χ4n) is 1.46. The van der Waals surface area contributed by atoms with E-state index in [2.05, 4.69) is 14.8 Å². The van der Waals surface area contributed by atoms with Crippen LogP contribution < -0.4 is 5.32 Å². The van der Waals surface area contributed by atoms with Crippen molar-refractivity contribution in [2.75, 3.05) is 26.1 Å². The molecule has 0 heterocycles. The number of benzene rings is 1. The zero-order chi connectivity index (χ0) is 14.3. The Labute approximate surface area is 111 Å². The minimum absolute atomic E-state index is 0.0831. The van der Waals surface area contributed by atoms with Gasteiger partial charge in [-0.3, -0.25) is 4.79 Å². The number of carbonyl (C=O) groups excluding carboxylic acids is 2. The number of methoxy groups -OCH3 is 2. The van der Waals surface area contributed by atoms with Gasteiger partial charge in [0.2, 0.25) is 0 Å². The maximum absolute atomic E-state index is 11.3. The summed E-state index contributed by atoms with van der Waals surface area (Å²) in [6.07, 6.45) is -0.936. The lowest BCUT2D eigenvalue weighted by Gasteiger charge is -2.12. The molecule has 0 spiro atoms. The Morgan fingerprint density at radius 2 is 2.05 bits per heavy atom. The Kier molecular flexibility index (Phi) is 5.81. The molecule has 1 aromatic rings. The molecule has 6 nitrogen and oxygen atoms in total. The molecule has 0 aliphatic carbocycles. The van der Waals surface area contributed by atoms with Gasteiger partial charge in [-0.1, -0.05) is 6.07 Å². The summed E-state index contributed by atoms with van der Waals surface area (Å²) >= 11 is 0. The first-order valence-electron chi connectivity index (χ1n) is 5.74. The molecule has 0 bridgehead atoms. The molecule has 1 aromatic carbocycles. The molecular formula is C13H17NO5. The quantitative estimate of drug-likeness (QED) is 0.742. The second-order valence-corrected chi connectivity index (χ2v) is 3.89. The molecule has 19 heavy (non-hydrogen) atoms. The van der Waals surface area contributed by atoms with Crippen molar-refractivity contribution in [1.29, 1.82) is 0 Å². The van der Waals surface area contributed by atoms with E-state index in [4.69, 9.17) is 0 Å². The Bertz CT molecular complexity index is 446. The number of esters is 2. The highest BCUT2D eigenvalue weighted by Gasteiger charge is 2.11. The van der Waals surface area contributed by atoms with Crippen molar-refractivity contribution in [1.82, 2.24) is 0 Å². The molecule has 0 saturated carbocycles. The number of aliphatic hydroxyl groups excluding tert-OH is 1. The Hall–Kier alpha value is -2.08. The van der Waals surface area contributed by atoms with E-state index in [0.29, 0.717) is 11.3 Å². The molecule has 6 heteroatoms. The first-order valence-corrected chi connectivity index (χ1v) is 5.74. The zero-order valence-electron chi connectivity index (χ0n) is 10.9. The summed E-state index contributed by atoms with van der Waals surface area (Å²) in [7, 11) is 2.57. The van der Waals surface area contributed by atoms with Crippen LogP contribution >= 0.6 is 0 Å². The van der Waals surface area contributed by atoms with Crippen LogP contribution in [0.3, 0.4) is 0 Å². The van der Waals surface area contributed by atoms with E-state index < -0.39 is 18.0 Å². The molecule has 0 radical (unpaired) electrons. The number of ether oxygens (including phenoxy) is 2. The van der Waals surface area contributed by atoms with Gasteiger partial charge in [0.15, 0.2) is 0 Å². The lowest BCUT2D eigenvalue weighted by atomic mass is 10.2. The van der Waals surface area contributed by atoms with E-state index in [1.165, 1.54) is 14.2 Å². The summed E-state index contributed by atoms with van der Waals surface area (Å²) in [6, 6.07) is 6.68. The number of hydrogen-bond acceptors (Lipinski definition) is 6. The van der Waals surface area contributed by atoms with Gasteiger partial charge in [-0.05, 0) is 18.2 Å². The summed E-state index contributed by atoms with van der Waals surface area (Å²) in [5.41, 5.74) is 1.07. The summed E-state index contributed by atoms with van der Waals surface area (Å²) in [6.45, 7) is 0.180. The fraction of sp³-hybridized carbons (Fsp3) is 0.385. The Morgan fingerprint density at radius 1 is 1.32 bits per heavy atom. The highest BCUT2D eigenvalue weighted by Crippen LogP contribution is 2.11. The number of hydrogen-bond donors (Lipinski definition) is 2. The van der Waals surface area contributed by atoms with Gasteiger partial charge in [-0.25, -0.2) is 4.79 Å². The van der Waals surface area contributed by atoms with Crippen molar-refractivity contribution < 1.29 is 24.2 Å². The highest BCUT2D eigenvalue weighted by atomic mass is 16.5. The maximum Gasteiger partial charge on any atom is 0.337 e. The third-order valence-corrected chi connectivity index (χ3v) is 2.46. The van der Waals surface area contributed by atoms with Crippen molar-refractivity contribution in [2.45, 2.75) is 12.5 Å². The van der Waals surface area contributed by atoms with Crippen LogP contribution in [0, 0.1) is 0 Å². The number of anilines is 1. The van der Waals surface area contributed by atoms with Crippen LogP contribution in [0.2, 0.25) is 0 Å². The van der Waals surface area contributed by atoms with E-state index in [1.54, 1.807) is 24.3 Å². The van der Waals surface area contributed by atoms with Crippen LogP contribution in [0.15, 0.2) is 24.3 Å². The van der Waals surface area contributed by atoms with Crippen LogP contribution in [-0.4, -0.2) is 43.9 Å². The average molecular weight is 267 g/mol. The molecule has 1 rings (SSSR count). The van der Waals surface area contributed by atoms with E-state index in [1.807, 2.05) is 0 Å². The second kappa shape index (κ2) is 7.38. The number of carbonyl (C=O) groups is 2. The van der Waals surface area contributed by atoms with Gasteiger partial charge in [-0.15, -0.1) is 0 Å². The van der Waals surface area contributed by atoms with Crippen molar-refractivity contribution in [3.63, 3.8) is 0 Å². The molecule has 1 unspecified atom stereocenters. The van der Waals surface area contributed by atoms with Crippen LogP contribution in [0.1, 0.15) is 16.8 Å². The topological polar surface area (TPSA) is 84.9 Å². The molecule has 2 N–H and O–H groups in total. The van der Waals surface area contributed by atoms with Crippen molar-refractivity contribution in [3.05, 3.63) is 29.8 Å². The monoisotopic (exact) mass is 267 g/mol. The normalized spacial score (nSPS) is 11.5. The minimum Gasteiger partial charge on any atom is -0.469 e. The summed E-state index contributed by atoms with van der Waals surface area (Å²) < 4.78 is 9.06. The fourth-order valence-corrected chi connectivity index (χ4v) is 1.46. The highest BCUT2D eigenvalue weighted by molar-refractivity contribution is 5.90. The van der Waals surface area contributed by atoms with Crippen LogP contribution in [0.25, 0.3) is 0 Å². The first-order chi connectivity index (χ1) is 9.06. The molecule has 104 valence electrons.